The molecule has 1 heterocycles. The molecule has 2 aromatic rings. The smallest absolute Gasteiger partial charge is 0.251 e. The van der Waals surface area contributed by atoms with Gasteiger partial charge in [-0.25, -0.2) is 8.78 Å². The molecule has 21 heavy (non-hydrogen) atoms. The van der Waals surface area contributed by atoms with Crippen LogP contribution in [-0.2, 0) is 13.5 Å². The third kappa shape index (κ3) is 3.56. The number of aryl methyl sites for hydroxylation is 1. The fourth-order valence-electron chi connectivity index (χ4n) is 1.95. The molecule has 1 amide bonds. The Hall–Kier alpha value is -2.44. The Kier molecular flexibility index (Phi) is 4.52. The normalized spacial score (nSPS) is 10.5. The molecule has 0 saturated heterocycles. The maximum Gasteiger partial charge on any atom is 0.251 e. The summed E-state index contributed by atoms with van der Waals surface area (Å²) in [6.45, 7) is 0.340. The molecule has 0 spiro atoms. The quantitative estimate of drug-likeness (QED) is 0.882. The van der Waals surface area contributed by atoms with Crippen LogP contribution in [0, 0.1) is 11.6 Å². The molecule has 2 rings (SSSR count). The van der Waals surface area contributed by atoms with Crippen LogP contribution in [0.3, 0.4) is 0 Å². The van der Waals surface area contributed by atoms with Crippen molar-refractivity contribution in [3.8, 4) is 0 Å². The molecule has 2 N–H and O–H groups in total. The lowest BCUT2D eigenvalue weighted by molar-refractivity contribution is 0.0953. The van der Waals surface area contributed by atoms with Gasteiger partial charge in [-0.15, -0.1) is 0 Å². The summed E-state index contributed by atoms with van der Waals surface area (Å²) in [6, 6.07) is 3.85. The SMILES string of the molecule is CNc1c(F)cc(C(=O)NCCc2ccn(C)n2)cc1F. The van der Waals surface area contributed by atoms with E-state index in [1.165, 1.54) is 7.05 Å². The standard InChI is InChI=1S/C14H16F2N4O/c1-17-13-11(15)7-9(8-12(13)16)14(21)18-5-3-10-4-6-20(2)19-10/h4,6-8,17H,3,5H2,1-2H3,(H,18,21). The van der Waals surface area contributed by atoms with E-state index < -0.39 is 17.5 Å². The first-order valence-corrected chi connectivity index (χ1v) is 6.44. The third-order valence-corrected chi connectivity index (χ3v) is 2.99. The second-order valence-electron chi connectivity index (χ2n) is 4.55. The van der Waals surface area contributed by atoms with E-state index >= 15 is 0 Å². The van der Waals surface area contributed by atoms with Gasteiger partial charge >= 0.3 is 0 Å². The largest absolute Gasteiger partial charge is 0.383 e. The molecule has 0 radical (unpaired) electrons. The molecule has 0 bridgehead atoms. The Balaban J connectivity index is 1.97. The second-order valence-corrected chi connectivity index (χ2v) is 4.55. The number of carbonyl (C=O) groups excluding carboxylic acids is 1. The van der Waals surface area contributed by atoms with E-state index in [0.717, 1.165) is 17.8 Å². The van der Waals surface area contributed by atoms with E-state index in [1.54, 1.807) is 17.9 Å². The van der Waals surface area contributed by atoms with Gasteiger partial charge in [0.25, 0.3) is 5.91 Å². The summed E-state index contributed by atoms with van der Waals surface area (Å²) in [6.07, 6.45) is 2.35. The summed E-state index contributed by atoms with van der Waals surface area (Å²) in [5.41, 5.74) is 0.533. The molecule has 112 valence electrons. The number of carbonyl (C=O) groups is 1. The van der Waals surface area contributed by atoms with E-state index in [4.69, 9.17) is 0 Å². The lowest BCUT2D eigenvalue weighted by Crippen LogP contribution is -2.26. The minimum absolute atomic E-state index is 0.0509. The molecule has 0 aliphatic rings. The molecule has 0 fully saturated rings. The number of nitrogens with one attached hydrogen (secondary N) is 2. The fraction of sp³-hybridized carbons (Fsp3) is 0.286. The van der Waals surface area contributed by atoms with E-state index in [0.29, 0.717) is 13.0 Å². The lowest BCUT2D eigenvalue weighted by Gasteiger charge is -2.08. The first-order chi connectivity index (χ1) is 10.0. The van der Waals surface area contributed by atoms with Crippen molar-refractivity contribution in [2.24, 2.45) is 7.05 Å². The number of aromatic nitrogens is 2. The molecule has 1 aromatic carbocycles. The minimum atomic E-state index is -0.799. The highest BCUT2D eigenvalue weighted by molar-refractivity contribution is 5.94. The Morgan fingerprint density at radius 1 is 1.33 bits per heavy atom. The average molecular weight is 294 g/mol. The highest BCUT2D eigenvalue weighted by Crippen LogP contribution is 2.20. The molecule has 0 atom stereocenters. The summed E-state index contributed by atoms with van der Waals surface area (Å²) in [4.78, 5) is 11.9. The summed E-state index contributed by atoms with van der Waals surface area (Å²) in [5.74, 6) is -2.12. The van der Waals surface area contributed by atoms with Crippen LogP contribution in [0.2, 0.25) is 0 Å². The van der Waals surface area contributed by atoms with Gasteiger partial charge in [-0.1, -0.05) is 0 Å². The van der Waals surface area contributed by atoms with Gasteiger partial charge in [-0.05, 0) is 18.2 Å². The number of anilines is 1. The molecular weight excluding hydrogens is 278 g/mol. The average Bonchev–Trinajstić information content (AvgIpc) is 2.84. The zero-order chi connectivity index (χ0) is 15.4. The van der Waals surface area contributed by atoms with Crippen molar-refractivity contribution >= 4 is 11.6 Å². The molecule has 0 saturated carbocycles. The molecular formula is C14H16F2N4O. The zero-order valence-corrected chi connectivity index (χ0v) is 11.8. The lowest BCUT2D eigenvalue weighted by atomic mass is 10.1. The molecule has 0 aliphatic heterocycles. The van der Waals surface area contributed by atoms with Crippen LogP contribution in [-0.4, -0.2) is 29.3 Å². The summed E-state index contributed by atoms with van der Waals surface area (Å²) >= 11 is 0. The van der Waals surface area contributed by atoms with Crippen molar-refractivity contribution in [2.75, 3.05) is 18.9 Å². The van der Waals surface area contributed by atoms with Gasteiger partial charge < -0.3 is 10.6 Å². The summed E-state index contributed by atoms with van der Waals surface area (Å²) < 4.78 is 28.8. The van der Waals surface area contributed by atoms with Gasteiger partial charge in [0, 0.05) is 38.8 Å². The van der Waals surface area contributed by atoms with Gasteiger partial charge in [0.2, 0.25) is 0 Å². The summed E-state index contributed by atoms with van der Waals surface area (Å²) in [5, 5.41) is 9.18. The highest BCUT2D eigenvalue weighted by Gasteiger charge is 2.14. The van der Waals surface area contributed by atoms with E-state index in [1.807, 2.05) is 6.07 Å². The topological polar surface area (TPSA) is 59.0 Å². The van der Waals surface area contributed by atoms with E-state index in [-0.39, 0.29) is 11.3 Å². The number of nitrogens with zero attached hydrogens (tertiary/aromatic N) is 2. The van der Waals surface area contributed by atoms with Crippen LogP contribution < -0.4 is 10.6 Å². The third-order valence-electron chi connectivity index (χ3n) is 2.99. The Labute approximate surface area is 121 Å². The minimum Gasteiger partial charge on any atom is -0.383 e. The predicted octanol–water partition coefficient (Wildman–Crippen LogP) is 1.71. The van der Waals surface area contributed by atoms with Crippen LogP contribution in [0.1, 0.15) is 16.1 Å². The second kappa shape index (κ2) is 6.34. The van der Waals surface area contributed by atoms with Gasteiger partial charge in [0.05, 0.1) is 5.69 Å². The van der Waals surface area contributed by atoms with Gasteiger partial charge in [0.15, 0.2) is 0 Å². The van der Waals surface area contributed by atoms with Crippen molar-refractivity contribution in [3.63, 3.8) is 0 Å². The molecule has 1 aromatic heterocycles. The number of halogens is 2. The van der Waals surface area contributed by atoms with Crippen LogP contribution in [0.4, 0.5) is 14.5 Å². The molecule has 5 nitrogen and oxygen atoms in total. The van der Waals surface area contributed by atoms with E-state index in [9.17, 15) is 13.6 Å². The highest BCUT2D eigenvalue weighted by atomic mass is 19.1. The van der Waals surface area contributed by atoms with Crippen molar-refractivity contribution in [1.29, 1.82) is 0 Å². The maximum absolute atomic E-state index is 13.6. The van der Waals surface area contributed by atoms with Crippen LogP contribution in [0.15, 0.2) is 24.4 Å². The number of hydrogen-bond acceptors (Lipinski definition) is 3. The van der Waals surface area contributed by atoms with Gasteiger partial charge in [-0.3, -0.25) is 9.48 Å². The van der Waals surface area contributed by atoms with Crippen molar-refractivity contribution in [3.05, 3.63) is 47.3 Å². The van der Waals surface area contributed by atoms with Crippen LogP contribution in [0.25, 0.3) is 0 Å². The Morgan fingerprint density at radius 3 is 2.52 bits per heavy atom. The van der Waals surface area contributed by atoms with Gasteiger partial charge in [-0.2, -0.15) is 5.10 Å². The molecule has 0 unspecified atom stereocenters. The fourth-order valence-corrected chi connectivity index (χ4v) is 1.95. The van der Waals surface area contributed by atoms with E-state index in [2.05, 4.69) is 15.7 Å². The summed E-state index contributed by atoms with van der Waals surface area (Å²) in [7, 11) is 3.21. The number of rotatable bonds is 5. The van der Waals surface area contributed by atoms with Gasteiger partial charge in [0.1, 0.15) is 17.3 Å². The number of amides is 1. The maximum atomic E-state index is 13.6. The monoisotopic (exact) mass is 294 g/mol. The Morgan fingerprint density at radius 2 is 2.00 bits per heavy atom. The molecule has 7 heteroatoms. The first-order valence-electron chi connectivity index (χ1n) is 6.44. The Bertz CT molecular complexity index is 631. The number of hydrogen-bond donors (Lipinski definition) is 2. The predicted molar refractivity (Wildman–Crippen MR) is 75.1 cm³/mol. The first kappa shape index (κ1) is 15.0. The number of benzene rings is 1. The van der Waals surface area contributed by atoms with Crippen molar-refractivity contribution in [1.82, 2.24) is 15.1 Å². The van der Waals surface area contributed by atoms with Crippen molar-refractivity contribution < 1.29 is 13.6 Å². The van der Waals surface area contributed by atoms with Crippen LogP contribution >= 0.6 is 0 Å². The van der Waals surface area contributed by atoms with Crippen molar-refractivity contribution in [2.45, 2.75) is 6.42 Å². The molecule has 0 aliphatic carbocycles. The zero-order valence-electron chi connectivity index (χ0n) is 11.8. The van der Waals surface area contributed by atoms with Crippen LogP contribution in [0.5, 0.6) is 0 Å².